The van der Waals surface area contributed by atoms with Crippen molar-refractivity contribution in [3.63, 3.8) is 0 Å². The van der Waals surface area contributed by atoms with Crippen molar-refractivity contribution >= 4 is 5.91 Å². The predicted octanol–water partition coefficient (Wildman–Crippen LogP) is 4.46. The van der Waals surface area contributed by atoms with Crippen LogP contribution in [0.3, 0.4) is 0 Å². The fourth-order valence-corrected chi connectivity index (χ4v) is 3.45. The summed E-state index contributed by atoms with van der Waals surface area (Å²) in [5, 5.41) is 3.90. The van der Waals surface area contributed by atoms with Crippen molar-refractivity contribution in [3.05, 3.63) is 65.5 Å². The van der Waals surface area contributed by atoms with Crippen molar-refractivity contribution in [2.24, 2.45) is 0 Å². The molecule has 0 aliphatic carbocycles. The van der Waals surface area contributed by atoms with E-state index in [0.29, 0.717) is 24.5 Å². The van der Waals surface area contributed by atoms with Crippen molar-refractivity contribution in [2.45, 2.75) is 32.2 Å². The second kappa shape index (κ2) is 7.81. The molecule has 4 rings (SSSR count). The minimum atomic E-state index is -4.75. The molecule has 1 aliphatic heterocycles. The Morgan fingerprint density at radius 1 is 1.20 bits per heavy atom. The average Bonchev–Trinajstić information content (AvgIpc) is 3.29. The molecule has 2 aromatic carbocycles. The van der Waals surface area contributed by atoms with Gasteiger partial charge in [0.25, 0.3) is 0 Å². The molecule has 1 aromatic heterocycles. The summed E-state index contributed by atoms with van der Waals surface area (Å²) in [5.74, 6) is 0.0308. The van der Waals surface area contributed by atoms with Crippen LogP contribution < -0.4 is 4.74 Å². The summed E-state index contributed by atoms with van der Waals surface area (Å²) in [6, 6.07) is 13.2. The first-order chi connectivity index (χ1) is 14.3. The minimum absolute atomic E-state index is 0.00917. The van der Waals surface area contributed by atoms with Crippen LogP contribution in [-0.2, 0) is 11.3 Å². The topological polar surface area (TPSA) is 68.5 Å². The van der Waals surface area contributed by atoms with E-state index < -0.39 is 6.36 Å². The first-order valence-corrected chi connectivity index (χ1v) is 9.30. The molecule has 1 amide bonds. The lowest BCUT2D eigenvalue weighted by Crippen LogP contribution is -2.24. The number of hydrogen-bond acceptors (Lipinski definition) is 5. The van der Waals surface area contributed by atoms with Gasteiger partial charge >= 0.3 is 6.36 Å². The van der Waals surface area contributed by atoms with Crippen LogP contribution in [0, 0.1) is 6.92 Å². The molecule has 0 N–H and O–H groups in total. The summed E-state index contributed by atoms with van der Waals surface area (Å²) in [6.07, 6.45) is -4.48. The lowest BCUT2D eigenvalue weighted by molar-refractivity contribution is -0.274. The quantitative estimate of drug-likeness (QED) is 0.613. The molecule has 30 heavy (non-hydrogen) atoms. The highest BCUT2D eigenvalue weighted by Crippen LogP contribution is 2.30. The molecule has 2 heterocycles. The Bertz CT molecular complexity index is 1050. The summed E-state index contributed by atoms with van der Waals surface area (Å²) in [5.41, 5.74) is 2.67. The Balaban J connectivity index is 1.43. The third-order valence-electron chi connectivity index (χ3n) is 4.81. The van der Waals surface area contributed by atoms with Gasteiger partial charge in [-0.2, -0.15) is 4.98 Å². The smallest absolute Gasteiger partial charge is 0.406 e. The first-order valence-electron chi connectivity index (χ1n) is 9.30. The molecule has 1 aliphatic rings. The number of hydrogen-bond donors (Lipinski definition) is 0. The second-order valence-electron chi connectivity index (χ2n) is 7.19. The Morgan fingerprint density at radius 3 is 2.67 bits per heavy atom. The molecule has 1 saturated heterocycles. The number of alkyl halides is 3. The molecule has 1 fully saturated rings. The van der Waals surface area contributed by atoms with Gasteiger partial charge in [-0.3, -0.25) is 4.79 Å². The minimum Gasteiger partial charge on any atom is -0.406 e. The number of aromatic nitrogens is 2. The van der Waals surface area contributed by atoms with E-state index in [4.69, 9.17) is 4.52 Å². The summed E-state index contributed by atoms with van der Waals surface area (Å²) in [7, 11) is 0. The maximum absolute atomic E-state index is 12.4. The Labute approximate surface area is 170 Å². The van der Waals surface area contributed by atoms with Crippen LogP contribution in [0.4, 0.5) is 13.2 Å². The number of nitrogens with zero attached hydrogens (tertiary/aromatic N) is 3. The largest absolute Gasteiger partial charge is 0.573 e. The molecule has 0 saturated carbocycles. The van der Waals surface area contributed by atoms with E-state index in [1.807, 2.05) is 31.2 Å². The molecule has 0 radical (unpaired) electrons. The number of carbonyl (C=O) groups is 1. The fourth-order valence-electron chi connectivity index (χ4n) is 3.45. The first kappa shape index (κ1) is 19.9. The van der Waals surface area contributed by atoms with Gasteiger partial charge in [0, 0.05) is 25.1 Å². The van der Waals surface area contributed by atoms with Crippen molar-refractivity contribution in [2.75, 3.05) is 6.54 Å². The predicted molar refractivity (Wildman–Crippen MR) is 100 cm³/mol. The third-order valence-corrected chi connectivity index (χ3v) is 4.81. The molecule has 3 aromatic rings. The second-order valence-corrected chi connectivity index (χ2v) is 7.19. The Hall–Kier alpha value is -3.36. The maximum atomic E-state index is 12.4. The number of benzene rings is 2. The van der Waals surface area contributed by atoms with Crippen LogP contribution >= 0.6 is 0 Å². The monoisotopic (exact) mass is 417 g/mol. The Kier molecular flexibility index (Phi) is 5.19. The van der Waals surface area contributed by atoms with E-state index in [9.17, 15) is 18.0 Å². The highest BCUT2D eigenvalue weighted by atomic mass is 19.4. The van der Waals surface area contributed by atoms with Gasteiger partial charge < -0.3 is 14.2 Å². The normalized spacial score (nSPS) is 16.9. The zero-order valence-corrected chi connectivity index (χ0v) is 16.0. The highest BCUT2D eigenvalue weighted by Gasteiger charge is 2.34. The van der Waals surface area contributed by atoms with E-state index in [1.54, 1.807) is 4.90 Å². The molecular weight excluding hydrogens is 399 g/mol. The zero-order chi connectivity index (χ0) is 21.3. The maximum Gasteiger partial charge on any atom is 0.573 e. The number of carbonyl (C=O) groups excluding carboxylic acids is 1. The lowest BCUT2D eigenvalue weighted by Gasteiger charge is -2.16. The van der Waals surface area contributed by atoms with Crippen LogP contribution in [0.15, 0.2) is 53.1 Å². The van der Waals surface area contributed by atoms with Gasteiger partial charge in [0.2, 0.25) is 17.6 Å². The van der Waals surface area contributed by atoms with Crippen molar-refractivity contribution in [3.8, 4) is 17.1 Å². The van der Waals surface area contributed by atoms with Gasteiger partial charge in [0.15, 0.2) is 0 Å². The average molecular weight is 417 g/mol. The number of aryl methyl sites for hydroxylation is 1. The van der Waals surface area contributed by atoms with Gasteiger partial charge in [-0.15, -0.1) is 13.2 Å². The van der Waals surface area contributed by atoms with Crippen LogP contribution in [0.2, 0.25) is 0 Å². The van der Waals surface area contributed by atoms with E-state index in [2.05, 4.69) is 14.9 Å². The molecular formula is C21H18F3N3O3. The van der Waals surface area contributed by atoms with Crippen molar-refractivity contribution in [1.29, 1.82) is 0 Å². The molecule has 1 unspecified atom stereocenters. The summed E-state index contributed by atoms with van der Waals surface area (Å²) in [6.45, 7) is 2.98. The van der Waals surface area contributed by atoms with Crippen LogP contribution in [0.25, 0.3) is 11.4 Å². The van der Waals surface area contributed by atoms with E-state index in [1.165, 1.54) is 24.3 Å². The molecule has 1 atom stereocenters. The number of amides is 1. The molecule has 0 bridgehead atoms. The zero-order valence-electron chi connectivity index (χ0n) is 16.0. The highest BCUT2D eigenvalue weighted by molar-refractivity contribution is 5.79. The molecule has 9 heteroatoms. The van der Waals surface area contributed by atoms with Crippen molar-refractivity contribution < 1.29 is 27.2 Å². The Morgan fingerprint density at radius 2 is 1.97 bits per heavy atom. The number of ether oxygens (including phenoxy) is 1. The van der Waals surface area contributed by atoms with Crippen LogP contribution in [0.5, 0.6) is 5.75 Å². The van der Waals surface area contributed by atoms with Crippen LogP contribution in [-0.4, -0.2) is 33.9 Å². The number of rotatable bonds is 5. The molecule has 6 nitrogen and oxygen atoms in total. The van der Waals surface area contributed by atoms with Gasteiger partial charge in [0.05, 0.1) is 5.92 Å². The lowest BCUT2D eigenvalue weighted by atomic mass is 10.1. The SMILES string of the molecule is Cc1cccc(CN2CC(c3nc(-c4ccc(OC(F)(F)F)cc4)no3)CC2=O)c1. The van der Waals surface area contributed by atoms with E-state index in [-0.39, 0.29) is 29.8 Å². The summed E-state index contributed by atoms with van der Waals surface area (Å²) >= 11 is 0. The standard InChI is InChI=1S/C21H18F3N3O3/c1-13-3-2-4-14(9-13)11-27-12-16(10-18(27)28)20-25-19(26-30-20)15-5-7-17(8-6-15)29-21(22,23)24/h2-9,16H,10-12H2,1H3. The fraction of sp³-hybridized carbons (Fsp3) is 0.286. The molecule has 156 valence electrons. The molecule has 0 spiro atoms. The van der Waals surface area contributed by atoms with E-state index in [0.717, 1.165) is 11.1 Å². The third kappa shape index (κ3) is 4.61. The van der Waals surface area contributed by atoms with Gasteiger partial charge in [0.1, 0.15) is 5.75 Å². The van der Waals surface area contributed by atoms with E-state index >= 15 is 0 Å². The number of likely N-dealkylation sites (tertiary alicyclic amines) is 1. The van der Waals surface area contributed by atoms with Crippen LogP contribution in [0.1, 0.15) is 29.4 Å². The van der Waals surface area contributed by atoms with Crippen molar-refractivity contribution in [1.82, 2.24) is 15.0 Å². The van der Waals surface area contributed by atoms with Gasteiger partial charge in [-0.05, 0) is 36.8 Å². The van der Waals surface area contributed by atoms with Gasteiger partial charge in [-0.25, -0.2) is 0 Å². The summed E-state index contributed by atoms with van der Waals surface area (Å²) < 4.78 is 46.0. The summed E-state index contributed by atoms with van der Waals surface area (Å²) in [4.78, 5) is 18.5. The van der Waals surface area contributed by atoms with Gasteiger partial charge in [-0.1, -0.05) is 35.0 Å². The number of halogens is 3.